The van der Waals surface area contributed by atoms with Crippen molar-refractivity contribution in [3.05, 3.63) is 59.7 Å². The van der Waals surface area contributed by atoms with Gasteiger partial charge in [0, 0.05) is 0 Å². The average molecular weight is 213 g/mol. The lowest BCUT2D eigenvalue weighted by molar-refractivity contribution is -0.118. The Labute approximate surface area is 95.5 Å². The summed E-state index contributed by atoms with van der Waals surface area (Å²) < 4.78 is 0. The van der Waals surface area contributed by atoms with Crippen LogP contribution in [0, 0.1) is 0 Å². The van der Waals surface area contributed by atoms with Crippen molar-refractivity contribution in [2.24, 2.45) is 5.73 Å². The molecular formula is C14H15NO. The summed E-state index contributed by atoms with van der Waals surface area (Å²) in [6.07, 6.45) is 8.01. The Morgan fingerprint density at radius 1 is 1.25 bits per heavy atom. The molecule has 1 aromatic rings. The number of amides is 1. The highest BCUT2D eigenvalue weighted by Gasteiger charge is 2.22. The molecule has 0 radical (unpaired) electrons. The molecule has 1 aliphatic carbocycles. The van der Waals surface area contributed by atoms with Crippen molar-refractivity contribution < 1.29 is 4.79 Å². The molecule has 2 heteroatoms. The molecule has 16 heavy (non-hydrogen) atoms. The van der Waals surface area contributed by atoms with Gasteiger partial charge in [0.2, 0.25) is 5.91 Å². The monoisotopic (exact) mass is 213 g/mol. The van der Waals surface area contributed by atoms with E-state index in [2.05, 4.69) is 6.08 Å². The van der Waals surface area contributed by atoms with Gasteiger partial charge in [0.15, 0.2) is 0 Å². The summed E-state index contributed by atoms with van der Waals surface area (Å²) in [6, 6.07) is 9.72. The predicted octanol–water partition coefficient (Wildman–Crippen LogP) is 2.53. The highest BCUT2D eigenvalue weighted by atomic mass is 16.1. The van der Waals surface area contributed by atoms with E-state index < -0.39 is 0 Å². The number of carbonyl (C=O) groups excluding carboxylic acids is 1. The maximum Gasteiger partial charge on any atom is 0.229 e. The van der Waals surface area contributed by atoms with Gasteiger partial charge in [-0.15, -0.1) is 0 Å². The second-order valence-corrected chi connectivity index (χ2v) is 3.95. The van der Waals surface area contributed by atoms with Crippen LogP contribution < -0.4 is 5.73 Å². The summed E-state index contributed by atoms with van der Waals surface area (Å²) in [4.78, 5) is 11.6. The fourth-order valence-corrected chi connectivity index (χ4v) is 2.07. The number of hydrogen-bond donors (Lipinski definition) is 1. The van der Waals surface area contributed by atoms with Crippen LogP contribution in [-0.4, -0.2) is 5.91 Å². The molecule has 0 spiro atoms. The third kappa shape index (κ3) is 2.22. The van der Waals surface area contributed by atoms with Crippen molar-refractivity contribution in [3.63, 3.8) is 0 Å². The van der Waals surface area contributed by atoms with E-state index in [1.165, 1.54) is 0 Å². The number of allylic oxidation sites excluding steroid dienone is 3. The molecule has 2 rings (SSSR count). The first-order valence-corrected chi connectivity index (χ1v) is 5.49. The Morgan fingerprint density at radius 3 is 2.56 bits per heavy atom. The first-order chi connectivity index (χ1) is 7.79. The summed E-state index contributed by atoms with van der Waals surface area (Å²) >= 11 is 0. The van der Waals surface area contributed by atoms with Crippen LogP contribution in [0.25, 0.3) is 0 Å². The summed E-state index contributed by atoms with van der Waals surface area (Å²) in [6.45, 7) is 0. The number of carbonyl (C=O) groups is 1. The molecule has 1 aliphatic rings. The Kier molecular flexibility index (Phi) is 3.20. The van der Waals surface area contributed by atoms with Crippen LogP contribution >= 0.6 is 0 Å². The number of nitrogens with two attached hydrogens (primary N) is 1. The number of rotatable bonds is 3. The zero-order valence-corrected chi connectivity index (χ0v) is 9.10. The van der Waals surface area contributed by atoms with Gasteiger partial charge in [-0.3, -0.25) is 4.79 Å². The van der Waals surface area contributed by atoms with Crippen molar-refractivity contribution >= 4 is 5.91 Å². The maximum absolute atomic E-state index is 11.6. The van der Waals surface area contributed by atoms with Gasteiger partial charge in [-0.05, 0) is 18.4 Å². The molecule has 1 aromatic carbocycles. The zero-order chi connectivity index (χ0) is 11.4. The largest absolute Gasteiger partial charge is 0.369 e. The van der Waals surface area contributed by atoms with Crippen molar-refractivity contribution in [2.75, 3.05) is 0 Å². The summed E-state index contributed by atoms with van der Waals surface area (Å²) in [7, 11) is 0. The van der Waals surface area contributed by atoms with E-state index in [0.717, 1.165) is 24.0 Å². The van der Waals surface area contributed by atoms with Gasteiger partial charge < -0.3 is 5.73 Å². The quantitative estimate of drug-likeness (QED) is 0.823. The Bertz CT molecular complexity index is 431. The molecule has 0 saturated carbocycles. The summed E-state index contributed by atoms with van der Waals surface area (Å²) in [5.74, 6) is -0.543. The predicted molar refractivity (Wildman–Crippen MR) is 64.8 cm³/mol. The SMILES string of the molecule is NC(=O)C(C1=CC=CCC1)c1ccccc1. The van der Waals surface area contributed by atoms with Crippen molar-refractivity contribution in [2.45, 2.75) is 18.8 Å². The van der Waals surface area contributed by atoms with Crippen LogP contribution in [0.3, 0.4) is 0 Å². The molecular weight excluding hydrogens is 198 g/mol. The molecule has 1 unspecified atom stereocenters. The normalized spacial score (nSPS) is 16.6. The minimum Gasteiger partial charge on any atom is -0.369 e. The van der Waals surface area contributed by atoms with Crippen LogP contribution in [0.1, 0.15) is 24.3 Å². The summed E-state index contributed by atoms with van der Waals surface area (Å²) in [5.41, 5.74) is 7.59. The van der Waals surface area contributed by atoms with E-state index in [1.54, 1.807) is 0 Å². The second-order valence-electron chi connectivity index (χ2n) is 3.95. The van der Waals surface area contributed by atoms with E-state index in [4.69, 9.17) is 5.73 Å². The highest BCUT2D eigenvalue weighted by Crippen LogP contribution is 2.29. The van der Waals surface area contributed by atoms with Gasteiger partial charge in [0.25, 0.3) is 0 Å². The number of benzene rings is 1. The lowest BCUT2D eigenvalue weighted by Crippen LogP contribution is -2.23. The Hall–Kier alpha value is -1.83. The smallest absolute Gasteiger partial charge is 0.229 e. The zero-order valence-electron chi connectivity index (χ0n) is 9.10. The minimum atomic E-state index is -0.272. The van der Waals surface area contributed by atoms with Gasteiger partial charge in [-0.25, -0.2) is 0 Å². The molecule has 0 fully saturated rings. The van der Waals surface area contributed by atoms with Crippen molar-refractivity contribution in [3.8, 4) is 0 Å². The molecule has 1 amide bonds. The Balaban J connectivity index is 2.35. The average Bonchev–Trinajstić information content (AvgIpc) is 2.31. The second kappa shape index (κ2) is 4.79. The first-order valence-electron chi connectivity index (χ1n) is 5.49. The van der Waals surface area contributed by atoms with Gasteiger partial charge in [-0.1, -0.05) is 54.1 Å². The molecule has 2 nitrogen and oxygen atoms in total. The molecule has 1 atom stereocenters. The Morgan fingerprint density at radius 2 is 2.00 bits per heavy atom. The van der Waals surface area contributed by atoms with Crippen LogP contribution in [0.5, 0.6) is 0 Å². The summed E-state index contributed by atoms with van der Waals surface area (Å²) in [5, 5.41) is 0. The fourth-order valence-electron chi connectivity index (χ4n) is 2.07. The highest BCUT2D eigenvalue weighted by molar-refractivity contribution is 5.85. The molecule has 0 bridgehead atoms. The van der Waals surface area contributed by atoms with Gasteiger partial charge in [0.05, 0.1) is 5.92 Å². The molecule has 0 saturated heterocycles. The van der Waals surface area contributed by atoms with Crippen molar-refractivity contribution in [1.82, 2.24) is 0 Å². The van der Waals surface area contributed by atoms with E-state index >= 15 is 0 Å². The van der Waals surface area contributed by atoms with Crippen molar-refractivity contribution in [1.29, 1.82) is 0 Å². The van der Waals surface area contributed by atoms with E-state index in [-0.39, 0.29) is 11.8 Å². The van der Waals surface area contributed by atoms with E-state index in [1.807, 2.05) is 42.5 Å². The van der Waals surface area contributed by atoms with Gasteiger partial charge in [-0.2, -0.15) is 0 Å². The van der Waals surface area contributed by atoms with Crippen LogP contribution in [0.4, 0.5) is 0 Å². The standard InChI is InChI=1S/C14H15NO/c15-14(16)13(11-7-3-1-4-8-11)12-9-5-2-6-10-12/h1-5,7-9,13H,6,10H2,(H2,15,16). The first kappa shape index (κ1) is 10.7. The van der Waals surface area contributed by atoms with Gasteiger partial charge >= 0.3 is 0 Å². The number of primary amides is 1. The maximum atomic E-state index is 11.6. The van der Waals surface area contributed by atoms with E-state index in [9.17, 15) is 4.79 Å². The fraction of sp³-hybridized carbons (Fsp3) is 0.214. The molecule has 2 N–H and O–H groups in total. The molecule has 0 aliphatic heterocycles. The minimum absolute atomic E-state index is 0.271. The lowest BCUT2D eigenvalue weighted by Gasteiger charge is -2.18. The van der Waals surface area contributed by atoms with Crippen LogP contribution in [-0.2, 0) is 4.79 Å². The third-order valence-corrected chi connectivity index (χ3v) is 2.83. The lowest BCUT2D eigenvalue weighted by atomic mass is 9.86. The molecule has 0 heterocycles. The topological polar surface area (TPSA) is 43.1 Å². The molecule has 82 valence electrons. The van der Waals surface area contributed by atoms with Crippen LogP contribution in [0.15, 0.2) is 54.1 Å². The van der Waals surface area contributed by atoms with E-state index in [0.29, 0.717) is 0 Å². The third-order valence-electron chi connectivity index (χ3n) is 2.83. The van der Waals surface area contributed by atoms with Gasteiger partial charge in [0.1, 0.15) is 0 Å². The molecule has 0 aromatic heterocycles. The van der Waals surface area contributed by atoms with Crippen LogP contribution in [0.2, 0.25) is 0 Å². The number of hydrogen-bond acceptors (Lipinski definition) is 1.